The van der Waals surface area contributed by atoms with Crippen LogP contribution in [0.5, 0.6) is 5.75 Å². The van der Waals surface area contributed by atoms with Gasteiger partial charge in [-0.05, 0) is 54.2 Å². The van der Waals surface area contributed by atoms with Crippen molar-refractivity contribution in [3.8, 4) is 5.75 Å². The molecule has 1 aliphatic heterocycles. The SMILES string of the molecule is CCc1ccc(CN(C)C(=O)C[C@H]2C(=O)NCCN2Cc2ccc(OC)c(C)c2C)cc1. The Balaban J connectivity index is 1.69. The maximum atomic E-state index is 13.0. The number of nitrogens with zero attached hydrogens (tertiary/aromatic N) is 2. The lowest BCUT2D eigenvalue weighted by Crippen LogP contribution is -2.56. The highest BCUT2D eigenvalue weighted by Crippen LogP contribution is 2.26. The Morgan fingerprint density at radius 1 is 1.12 bits per heavy atom. The molecule has 1 saturated heterocycles. The van der Waals surface area contributed by atoms with Gasteiger partial charge in [0, 0.05) is 33.2 Å². The zero-order valence-corrected chi connectivity index (χ0v) is 19.9. The molecule has 1 N–H and O–H groups in total. The molecule has 1 fully saturated rings. The standard InChI is InChI=1S/C26H35N3O3/c1-6-20-7-9-21(10-8-20)16-28(4)25(30)15-23-26(31)27-13-14-29(23)17-22-11-12-24(32-5)19(3)18(22)2/h7-12,23H,6,13-17H2,1-5H3,(H,27,31)/t23-/m0/s1. The Hall–Kier alpha value is -2.86. The molecule has 2 amide bonds. The monoisotopic (exact) mass is 437 g/mol. The van der Waals surface area contributed by atoms with Crippen molar-refractivity contribution in [1.82, 2.24) is 15.1 Å². The van der Waals surface area contributed by atoms with Crippen molar-refractivity contribution in [2.45, 2.75) is 52.7 Å². The van der Waals surface area contributed by atoms with Crippen LogP contribution in [0.25, 0.3) is 0 Å². The molecule has 6 nitrogen and oxygen atoms in total. The summed E-state index contributed by atoms with van der Waals surface area (Å²) in [7, 11) is 3.48. The number of methoxy groups -OCH3 is 1. The van der Waals surface area contributed by atoms with Gasteiger partial charge in [0.05, 0.1) is 19.6 Å². The van der Waals surface area contributed by atoms with Crippen LogP contribution in [0.15, 0.2) is 36.4 Å². The first-order valence-electron chi connectivity index (χ1n) is 11.3. The molecule has 1 aliphatic rings. The third-order valence-corrected chi connectivity index (χ3v) is 6.53. The van der Waals surface area contributed by atoms with Crippen molar-refractivity contribution in [2.24, 2.45) is 0 Å². The van der Waals surface area contributed by atoms with E-state index in [0.717, 1.165) is 41.0 Å². The maximum absolute atomic E-state index is 13.0. The van der Waals surface area contributed by atoms with Gasteiger partial charge < -0.3 is 15.0 Å². The van der Waals surface area contributed by atoms with Gasteiger partial charge in [-0.2, -0.15) is 0 Å². The van der Waals surface area contributed by atoms with Gasteiger partial charge in [-0.3, -0.25) is 14.5 Å². The minimum Gasteiger partial charge on any atom is -0.496 e. The molecule has 1 heterocycles. The van der Waals surface area contributed by atoms with Gasteiger partial charge >= 0.3 is 0 Å². The van der Waals surface area contributed by atoms with Crippen LogP contribution in [-0.4, -0.2) is 54.9 Å². The van der Waals surface area contributed by atoms with E-state index in [2.05, 4.69) is 54.4 Å². The second-order valence-electron chi connectivity index (χ2n) is 8.58. The predicted molar refractivity (Wildman–Crippen MR) is 127 cm³/mol. The molecule has 0 radical (unpaired) electrons. The number of benzene rings is 2. The van der Waals surface area contributed by atoms with Crippen LogP contribution in [0.3, 0.4) is 0 Å². The first kappa shape index (κ1) is 23.8. The Kier molecular flexibility index (Phi) is 7.91. The normalized spacial score (nSPS) is 16.5. The number of hydrogen-bond acceptors (Lipinski definition) is 4. The van der Waals surface area contributed by atoms with E-state index in [0.29, 0.717) is 19.6 Å². The van der Waals surface area contributed by atoms with E-state index in [1.165, 1.54) is 5.56 Å². The molecule has 1 atom stereocenters. The Morgan fingerprint density at radius 2 is 1.81 bits per heavy atom. The van der Waals surface area contributed by atoms with Crippen molar-refractivity contribution in [2.75, 3.05) is 27.2 Å². The van der Waals surface area contributed by atoms with Crippen LogP contribution in [0.4, 0.5) is 0 Å². The van der Waals surface area contributed by atoms with Gasteiger partial charge in [0.1, 0.15) is 5.75 Å². The molecule has 0 unspecified atom stereocenters. The molecule has 6 heteroatoms. The van der Waals surface area contributed by atoms with Crippen molar-refractivity contribution in [3.05, 3.63) is 64.2 Å². The summed E-state index contributed by atoms with van der Waals surface area (Å²) in [4.78, 5) is 29.5. The van der Waals surface area contributed by atoms with E-state index < -0.39 is 6.04 Å². The van der Waals surface area contributed by atoms with E-state index in [9.17, 15) is 9.59 Å². The number of amides is 2. The zero-order valence-electron chi connectivity index (χ0n) is 19.9. The fraction of sp³-hybridized carbons (Fsp3) is 0.462. The van der Waals surface area contributed by atoms with E-state index in [1.54, 1.807) is 19.1 Å². The quantitative estimate of drug-likeness (QED) is 0.689. The Morgan fingerprint density at radius 3 is 2.47 bits per heavy atom. The first-order valence-corrected chi connectivity index (χ1v) is 11.3. The average molecular weight is 438 g/mol. The molecular formula is C26H35N3O3. The number of aryl methyl sites for hydroxylation is 1. The fourth-order valence-corrected chi connectivity index (χ4v) is 4.20. The van der Waals surface area contributed by atoms with Crippen LogP contribution in [0, 0.1) is 13.8 Å². The average Bonchev–Trinajstić information content (AvgIpc) is 2.79. The molecule has 172 valence electrons. The van der Waals surface area contributed by atoms with Crippen molar-refractivity contribution < 1.29 is 14.3 Å². The van der Waals surface area contributed by atoms with E-state index >= 15 is 0 Å². The van der Waals surface area contributed by atoms with E-state index in [1.807, 2.05) is 13.0 Å². The second kappa shape index (κ2) is 10.6. The third-order valence-electron chi connectivity index (χ3n) is 6.53. The molecule has 3 rings (SSSR count). The second-order valence-corrected chi connectivity index (χ2v) is 8.58. The number of piperazine rings is 1. The maximum Gasteiger partial charge on any atom is 0.237 e. The molecule has 0 bridgehead atoms. The van der Waals surface area contributed by atoms with Crippen LogP contribution in [0.1, 0.15) is 41.2 Å². The lowest BCUT2D eigenvalue weighted by molar-refractivity contribution is -0.138. The Labute approximate surface area is 191 Å². The lowest BCUT2D eigenvalue weighted by atomic mass is 10.00. The Bertz CT molecular complexity index is 956. The molecular weight excluding hydrogens is 402 g/mol. The smallest absolute Gasteiger partial charge is 0.237 e. The highest BCUT2D eigenvalue weighted by Gasteiger charge is 2.32. The molecule has 0 spiro atoms. The van der Waals surface area contributed by atoms with Gasteiger partial charge in [-0.25, -0.2) is 0 Å². The summed E-state index contributed by atoms with van der Waals surface area (Å²) in [6.07, 6.45) is 1.17. The largest absolute Gasteiger partial charge is 0.496 e. The summed E-state index contributed by atoms with van der Waals surface area (Å²) >= 11 is 0. The highest BCUT2D eigenvalue weighted by molar-refractivity contribution is 5.88. The van der Waals surface area contributed by atoms with Crippen LogP contribution >= 0.6 is 0 Å². The summed E-state index contributed by atoms with van der Waals surface area (Å²) in [5.41, 5.74) is 5.79. The number of nitrogens with one attached hydrogen (secondary N) is 1. The van der Waals surface area contributed by atoms with Gasteiger partial charge in [-0.15, -0.1) is 0 Å². The van der Waals surface area contributed by atoms with Crippen molar-refractivity contribution in [1.29, 1.82) is 0 Å². The summed E-state index contributed by atoms with van der Waals surface area (Å²) in [6, 6.07) is 11.9. The number of carbonyl (C=O) groups is 2. The zero-order chi connectivity index (χ0) is 23.3. The van der Waals surface area contributed by atoms with Crippen LogP contribution in [0.2, 0.25) is 0 Å². The van der Waals surface area contributed by atoms with Crippen molar-refractivity contribution >= 4 is 11.8 Å². The summed E-state index contributed by atoms with van der Waals surface area (Å²) < 4.78 is 5.42. The van der Waals surface area contributed by atoms with Crippen LogP contribution < -0.4 is 10.1 Å². The van der Waals surface area contributed by atoms with E-state index in [-0.39, 0.29) is 18.2 Å². The summed E-state index contributed by atoms with van der Waals surface area (Å²) in [5.74, 6) is 0.760. The van der Waals surface area contributed by atoms with Gasteiger partial charge in [0.2, 0.25) is 11.8 Å². The lowest BCUT2D eigenvalue weighted by Gasteiger charge is -2.36. The molecule has 0 aliphatic carbocycles. The molecule has 2 aromatic carbocycles. The molecule has 0 saturated carbocycles. The minimum absolute atomic E-state index is 0.0285. The number of ether oxygens (including phenoxy) is 1. The topological polar surface area (TPSA) is 61.9 Å². The van der Waals surface area contributed by atoms with E-state index in [4.69, 9.17) is 4.74 Å². The van der Waals surface area contributed by atoms with Gasteiger partial charge in [-0.1, -0.05) is 37.3 Å². The minimum atomic E-state index is -0.469. The highest BCUT2D eigenvalue weighted by atomic mass is 16.5. The summed E-state index contributed by atoms with van der Waals surface area (Å²) in [5, 5.41) is 2.93. The molecule has 0 aromatic heterocycles. The fourth-order valence-electron chi connectivity index (χ4n) is 4.20. The molecule has 32 heavy (non-hydrogen) atoms. The predicted octanol–water partition coefficient (Wildman–Crippen LogP) is 3.22. The number of hydrogen-bond donors (Lipinski definition) is 1. The van der Waals surface area contributed by atoms with Crippen LogP contribution in [-0.2, 0) is 29.1 Å². The number of rotatable bonds is 8. The molecule has 2 aromatic rings. The van der Waals surface area contributed by atoms with Crippen molar-refractivity contribution in [3.63, 3.8) is 0 Å². The van der Waals surface area contributed by atoms with Gasteiger partial charge in [0.25, 0.3) is 0 Å². The number of carbonyl (C=O) groups excluding carboxylic acids is 2. The van der Waals surface area contributed by atoms with Gasteiger partial charge in [0.15, 0.2) is 0 Å². The third kappa shape index (κ3) is 5.49. The summed E-state index contributed by atoms with van der Waals surface area (Å²) in [6.45, 7) is 8.73. The first-order chi connectivity index (χ1) is 15.3.